The second-order valence-corrected chi connectivity index (χ2v) is 4.87. The van der Waals surface area contributed by atoms with Crippen LogP contribution in [-0.2, 0) is 9.53 Å². The number of carbonyl (C=O) groups excluding carboxylic acids is 1. The standard InChI is InChI=1S/C13H16BrNO5/c1-19-9(6-12(16)17)7-15-13(18)8-3-4-11(20-2)10(14)5-8/h3-5,9H,6-7H2,1-2H3,(H,15,18)(H,16,17). The molecule has 0 radical (unpaired) electrons. The highest BCUT2D eigenvalue weighted by Gasteiger charge is 2.15. The van der Waals surface area contributed by atoms with Crippen LogP contribution in [0.5, 0.6) is 5.75 Å². The number of ether oxygens (including phenoxy) is 2. The van der Waals surface area contributed by atoms with Gasteiger partial charge in [0, 0.05) is 19.2 Å². The second-order valence-electron chi connectivity index (χ2n) is 4.01. The molecule has 110 valence electrons. The van der Waals surface area contributed by atoms with Crippen molar-refractivity contribution in [2.45, 2.75) is 12.5 Å². The minimum absolute atomic E-state index is 0.130. The molecule has 1 atom stereocenters. The molecule has 1 rings (SSSR count). The van der Waals surface area contributed by atoms with Gasteiger partial charge in [-0.3, -0.25) is 9.59 Å². The van der Waals surface area contributed by atoms with Gasteiger partial charge >= 0.3 is 5.97 Å². The topological polar surface area (TPSA) is 84.9 Å². The van der Waals surface area contributed by atoms with Crippen molar-refractivity contribution in [2.75, 3.05) is 20.8 Å². The Morgan fingerprint density at radius 1 is 1.40 bits per heavy atom. The Bertz CT molecular complexity index is 492. The molecule has 0 saturated carbocycles. The van der Waals surface area contributed by atoms with Crippen molar-refractivity contribution in [2.24, 2.45) is 0 Å². The van der Waals surface area contributed by atoms with Crippen LogP contribution in [0, 0.1) is 0 Å². The number of nitrogens with one attached hydrogen (secondary N) is 1. The maximum Gasteiger partial charge on any atom is 0.306 e. The van der Waals surface area contributed by atoms with Crippen LogP contribution in [0.4, 0.5) is 0 Å². The fraction of sp³-hybridized carbons (Fsp3) is 0.385. The predicted molar refractivity (Wildman–Crippen MR) is 76.1 cm³/mol. The number of amides is 1. The number of aliphatic carboxylic acids is 1. The third-order valence-electron chi connectivity index (χ3n) is 2.64. The minimum atomic E-state index is -0.974. The van der Waals surface area contributed by atoms with Crippen LogP contribution in [0.15, 0.2) is 22.7 Å². The van der Waals surface area contributed by atoms with Crippen LogP contribution >= 0.6 is 15.9 Å². The highest BCUT2D eigenvalue weighted by atomic mass is 79.9. The molecular weight excluding hydrogens is 330 g/mol. The summed E-state index contributed by atoms with van der Waals surface area (Å²) in [5.74, 6) is -0.652. The van der Waals surface area contributed by atoms with Crippen molar-refractivity contribution in [1.82, 2.24) is 5.32 Å². The molecule has 1 amide bonds. The van der Waals surface area contributed by atoms with E-state index >= 15 is 0 Å². The number of hydrogen-bond donors (Lipinski definition) is 2. The molecule has 7 heteroatoms. The zero-order valence-electron chi connectivity index (χ0n) is 11.2. The van der Waals surface area contributed by atoms with E-state index in [0.717, 1.165) is 0 Å². The van der Waals surface area contributed by atoms with Crippen molar-refractivity contribution < 1.29 is 24.2 Å². The van der Waals surface area contributed by atoms with Crippen LogP contribution in [-0.4, -0.2) is 43.9 Å². The van der Waals surface area contributed by atoms with E-state index < -0.39 is 12.1 Å². The molecule has 0 saturated heterocycles. The van der Waals surface area contributed by atoms with Gasteiger partial charge in [-0.05, 0) is 34.1 Å². The van der Waals surface area contributed by atoms with Crippen molar-refractivity contribution in [3.05, 3.63) is 28.2 Å². The van der Waals surface area contributed by atoms with E-state index in [4.69, 9.17) is 14.6 Å². The second kappa shape index (κ2) is 7.86. The lowest BCUT2D eigenvalue weighted by Gasteiger charge is -2.14. The highest BCUT2D eigenvalue weighted by molar-refractivity contribution is 9.10. The van der Waals surface area contributed by atoms with Gasteiger partial charge in [0.1, 0.15) is 5.75 Å². The molecule has 0 aliphatic rings. The van der Waals surface area contributed by atoms with E-state index in [2.05, 4.69) is 21.2 Å². The Labute approximate surface area is 125 Å². The fourth-order valence-electron chi connectivity index (χ4n) is 1.55. The monoisotopic (exact) mass is 345 g/mol. The third kappa shape index (κ3) is 4.82. The Hall–Kier alpha value is -1.60. The van der Waals surface area contributed by atoms with Gasteiger partial charge in [0.15, 0.2) is 0 Å². The zero-order chi connectivity index (χ0) is 15.1. The number of carboxylic acids is 1. The van der Waals surface area contributed by atoms with E-state index in [9.17, 15) is 9.59 Å². The Kier molecular flexibility index (Phi) is 6.47. The number of carboxylic acid groups (broad SMARTS) is 1. The minimum Gasteiger partial charge on any atom is -0.496 e. The number of halogens is 1. The van der Waals surface area contributed by atoms with Crippen molar-refractivity contribution >= 4 is 27.8 Å². The Balaban J connectivity index is 2.62. The molecule has 1 aromatic carbocycles. The van der Waals surface area contributed by atoms with E-state index in [0.29, 0.717) is 15.8 Å². The maximum absolute atomic E-state index is 11.9. The summed E-state index contributed by atoms with van der Waals surface area (Å²) in [6.07, 6.45) is -0.721. The normalized spacial score (nSPS) is 11.8. The van der Waals surface area contributed by atoms with E-state index in [1.54, 1.807) is 18.2 Å². The molecular formula is C13H16BrNO5. The van der Waals surface area contributed by atoms with Crippen LogP contribution in [0.25, 0.3) is 0 Å². The molecule has 0 fully saturated rings. The SMILES string of the molecule is COc1ccc(C(=O)NCC(CC(=O)O)OC)cc1Br. The van der Waals surface area contributed by atoms with Crippen molar-refractivity contribution in [3.8, 4) is 5.75 Å². The van der Waals surface area contributed by atoms with Crippen LogP contribution in [0.1, 0.15) is 16.8 Å². The summed E-state index contributed by atoms with van der Waals surface area (Å²) in [4.78, 5) is 22.5. The summed E-state index contributed by atoms with van der Waals surface area (Å²) in [6, 6.07) is 4.93. The lowest BCUT2D eigenvalue weighted by molar-refractivity contribution is -0.139. The van der Waals surface area contributed by atoms with E-state index in [1.165, 1.54) is 14.2 Å². The molecule has 0 aliphatic carbocycles. The average Bonchev–Trinajstić information content (AvgIpc) is 2.42. The molecule has 20 heavy (non-hydrogen) atoms. The summed E-state index contributed by atoms with van der Waals surface area (Å²) in [7, 11) is 2.94. The molecule has 0 spiro atoms. The molecule has 0 aromatic heterocycles. The predicted octanol–water partition coefficient (Wildman–Crippen LogP) is 1.68. The van der Waals surface area contributed by atoms with E-state index in [1.807, 2.05) is 0 Å². The first-order valence-corrected chi connectivity index (χ1v) is 6.63. The molecule has 1 aromatic rings. The van der Waals surface area contributed by atoms with Crippen LogP contribution in [0.2, 0.25) is 0 Å². The highest BCUT2D eigenvalue weighted by Crippen LogP contribution is 2.25. The van der Waals surface area contributed by atoms with Gasteiger partial charge in [0.05, 0.1) is 24.1 Å². The molecule has 0 bridgehead atoms. The van der Waals surface area contributed by atoms with Gasteiger partial charge < -0.3 is 19.9 Å². The summed E-state index contributed by atoms with van der Waals surface area (Å²) >= 11 is 3.29. The van der Waals surface area contributed by atoms with Gasteiger partial charge in [0.2, 0.25) is 0 Å². The molecule has 2 N–H and O–H groups in total. The lowest BCUT2D eigenvalue weighted by atomic mass is 10.2. The van der Waals surface area contributed by atoms with Crippen LogP contribution < -0.4 is 10.1 Å². The zero-order valence-corrected chi connectivity index (χ0v) is 12.8. The Morgan fingerprint density at radius 3 is 2.60 bits per heavy atom. The quantitative estimate of drug-likeness (QED) is 0.785. The number of rotatable bonds is 7. The first-order valence-electron chi connectivity index (χ1n) is 5.84. The summed E-state index contributed by atoms with van der Waals surface area (Å²) < 4.78 is 10.7. The maximum atomic E-state index is 11.9. The largest absolute Gasteiger partial charge is 0.496 e. The average molecular weight is 346 g/mol. The van der Waals surface area contributed by atoms with Crippen molar-refractivity contribution in [3.63, 3.8) is 0 Å². The lowest BCUT2D eigenvalue weighted by Crippen LogP contribution is -2.34. The van der Waals surface area contributed by atoms with Gasteiger partial charge in [-0.1, -0.05) is 0 Å². The van der Waals surface area contributed by atoms with Gasteiger partial charge in [-0.2, -0.15) is 0 Å². The molecule has 1 unspecified atom stereocenters. The Morgan fingerprint density at radius 2 is 2.10 bits per heavy atom. The van der Waals surface area contributed by atoms with Crippen molar-refractivity contribution in [1.29, 1.82) is 0 Å². The molecule has 0 heterocycles. The summed E-state index contributed by atoms with van der Waals surface area (Å²) in [5, 5.41) is 11.3. The summed E-state index contributed by atoms with van der Waals surface area (Å²) in [6.45, 7) is 0.130. The summed E-state index contributed by atoms with van der Waals surface area (Å²) in [5.41, 5.74) is 0.447. The third-order valence-corrected chi connectivity index (χ3v) is 3.26. The number of hydrogen-bond acceptors (Lipinski definition) is 4. The first kappa shape index (κ1) is 16.5. The smallest absolute Gasteiger partial charge is 0.306 e. The fourth-order valence-corrected chi connectivity index (χ4v) is 2.09. The van der Waals surface area contributed by atoms with E-state index in [-0.39, 0.29) is 18.9 Å². The molecule has 6 nitrogen and oxygen atoms in total. The van der Waals surface area contributed by atoms with Gasteiger partial charge in [-0.25, -0.2) is 0 Å². The first-order chi connectivity index (χ1) is 9.47. The van der Waals surface area contributed by atoms with Gasteiger partial charge in [0.25, 0.3) is 5.91 Å². The van der Waals surface area contributed by atoms with Crippen LogP contribution in [0.3, 0.4) is 0 Å². The molecule has 0 aliphatic heterocycles. The van der Waals surface area contributed by atoms with Gasteiger partial charge in [-0.15, -0.1) is 0 Å². The number of methoxy groups -OCH3 is 2. The number of carbonyl (C=O) groups is 2. The number of benzene rings is 1.